The molecule has 0 bridgehead atoms. The van der Waals surface area contributed by atoms with Crippen LogP contribution in [0.1, 0.15) is 53.0 Å². The fourth-order valence-electron chi connectivity index (χ4n) is 2.45. The molecule has 0 aliphatic rings. The standard InChI is InChI=1S/C21H25NO3/c1-15(2)7-6-12-25-21(24)18-10-5-9-17(14-18)20(23)22-19-11-4-8-16(3)13-19/h4-5,8-11,13-15H,6-7,12H2,1-3H3,(H,22,23). The van der Waals surface area contributed by atoms with Crippen molar-refractivity contribution in [3.05, 3.63) is 65.2 Å². The number of esters is 1. The first-order chi connectivity index (χ1) is 12.0. The van der Waals surface area contributed by atoms with E-state index in [1.807, 2.05) is 31.2 Å². The second-order valence-corrected chi connectivity index (χ2v) is 6.58. The Kier molecular flexibility index (Phi) is 6.75. The van der Waals surface area contributed by atoms with Gasteiger partial charge in [-0.15, -0.1) is 0 Å². The van der Waals surface area contributed by atoms with Gasteiger partial charge in [0, 0.05) is 11.3 Å². The lowest BCUT2D eigenvalue weighted by Gasteiger charge is -2.09. The molecule has 4 heteroatoms. The predicted octanol–water partition coefficient (Wildman–Crippen LogP) is 4.84. The highest BCUT2D eigenvalue weighted by Gasteiger charge is 2.12. The number of hydrogen-bond donors (Lipinski definition) is 1. The maximum atomic E-state index is 12.4. The summed E-state index contributed by atoms with van der Waals surface area (Å²) in [6.45, 7) is 6.64. The lowest BCUT2D eigenvalue weighted by molar-refractivity contribution is 0.0494. The molecule has 4 nitrogen and oxygen atoms in total. The van der Waals surface area contributed by atoms with Gasteiger partial charge in [-0.05, 0) is 61.6 Å². The Morgan fingerprint density at radius 1 is 1.04 bits per heavy atom. The number of hydrogen-bond acceptors (Lipinski definition) is 3. The van der Waals surface area contributed by atoms with Gasteiger partial charge in [0.1, 0.15) is 0 Å². The monoisotopic (exact) mass is 339 g/mol. The van der Waals surface area contributed by atoms with Gasteiger partial charge < -0.3 is 10.1 Å². The molecule has 0 saturated heterocycles. The summed E-state index contributed by atoms with van der Waals surface area (Å²) in [7, 11) is 0. The molecule has 0 saturated carbocycles. The minimum absolute atomic E-state index is 0.250. The van der Waals surface area contributed by atoms with E-state index < -0.39 is 5.97 Å². The number of carbonyl (C=O) groups excluding carboxylic acids is 2. The maximum Gasteiger partial charge on any atom is 0.338 e. The Labute approximate surface area is 149 Å². The van der Waals surface area contributed by atoms with Crippen molar-refractivity contribution in [2.75, 3.05) is 11.9 Å². The van der Waals surface area contributed by atoms with Gasteiger partial charge >= 0.3 is 5.97 Å². The summed E-state index contributed by atoms with van der Waals surface area (Å²) >= 11 is 0. The van der Waals surface area contributed by atoms with Crippen LogP contribution in [0.15, 0.2) is 48.5 Å². The largest absolute Gasteiger partial charge is 0.462 e. The van der Waals surface area contributed by atoms with Crippen LogP contribution in [0.5, 0.6) is 0 Å². The second-order valence-electron chi connectivity index (χ2n) is 6.58. The van der Waals surface area contributed by atoms with E-state index in [1.165, 1.54) is 0 Å². The molecule has 132 valence electrons. The predicted molar refractivity (Wildman–Crippen MR) is 99.9 cm³/mol. The molecule has 25 heavy (non-hydrogen) atoms. The van der Waals surface area contributed by atoms with Crippen molar-refractivity contribution in [3.63, 3.8) is 0 Å². The summed E-state index contributed by atoms with van der Waals surface area (Å²) in [5.41, 5.74) is 2.61. The van der Waals surface area contributed by atoms with E-state index in [2.05, 4.69) is 19.2 Å². The number of carbonyl (C=O) groups is 2. The summed E-state index contributed by atoms with van der Waals surface area (Å²) in [5.74, 6) is -0.0543. The minimum Gasteiger partial charge on any atom is -0.462 e. The molecule has 0 radical (unpaired) electrons. The number of nitrogens with one attached hydrogen (secondary N) is 1. The molecule has 0 fully saturated rings. The number of benzene rings is 2. The summed E-state index contributed by atoms with van der Waals surface area (Å²) in [5, 5.41) is 2.84. The zero-order valence-corrected chi connectivity index (χ0v) is 15.0. The van der Waals surface area contributed by atoms with Crippen LogP contribution in [0.4, 0.5) is 5.69 Å². The van der Waals surface area contributed by atoms with Crippen LogP contribution in [-0.2, 0) is 4.74 Å². The van der Waals surface area contributed by atoms with Crippen LogP contribution < -0.4 is 5.32 Å². The molecule has 1 N–H and O–H groups in total. The van der Waals surface area contributed by atoms with E-state index in [9.17, 15) is 9.59 Å². The third-order valence-electron chi connectivity index (χ3n) is 3.80. The summed E-state index contributed by atoms with van der Waals surface area (Å²) in [4.78, 5) is 24.5. The van der Waals surface area contributed by atoms with Gasteiger partial charge in [0.25, 0.3) is 5.91 Å². The molecule has 1 amide bonds. The van der Waals surface area contributed by atoms with E-state index >= 15 is 0 Å². The maximum absolute atomic E-state index is 12.4. The van der Waals surface area contributed by atoms with Crippen LogP contribution in [0.3, 0.4) is 0 Å². The lowest BCUT2D eigenvalue weighted by Crippen LogP contribution is -2.13. The van der Waals surface area contributed by atoms with Crippen molar-refractivity contribution in [1.29, 1.82) is 0 Å². The summed E-state index contributed by atoms with van der Waals surface area (Å²) in [6, 6.07) is 14.2. The minimum atomic E-state index is -0.394. The van der Waals surface area contributed by atoms with Crippen molar-refractivity contribution < 1.29 is 14.3 Å². The van der Waals surface area contributed by atoms with Gasteiger partial charge in [-0.2, -0.15) is 0 Å². The third-order valence-corrected chi connectivity index (χ3v) is 3.80. The first kappa shape index (κ1) is 18.7. The summed E-state index contributed by atoms with van der Waals surface area (Å²) in [6.07, 6.45) is 1.86. The normalized spacial score (nSPS) is 10.6. The first-order valence-corrected chi connectivity index (χ1v) is 8.61. The quantitative estimate of drug-likeness (QED) is 0.580. The van der Waals surface area contributed by atoms with E-state index in [0.717, 1.165) is 24.1 Å². The molecular weight excluding hydrogens is 314 g/mol. The molecule has 0 aliphatic carbocycles. The van der Waals surface area contributed by atoms with Crippen molar-refractivity contribution in [2.45, 2.75) is 33.6 Å². The Bertz CT molecular complexity index is 737. The van der Waals surface area contributed by atoms with Crippen molar-refractivity contribution in [2.24, 2.45) is 5.92 Å². The van der Waals surface area contributed by atoms with Crippen LogP contribution in [-0.4, -0.2) is 18.5 Å². The average molecular weight is 339 g/mol. The van der Waals surface area contributed by atoms with Gasteiger partial charge in [-0.25, -0.2) is 4.79 Å². The molecule has 2 aromatic carbocycles. The highest BCUT2D eigenvalue weighted by Crippen LogP contribution is 2.13. The topological polar surface area (TPSA) is 55.4 Å². The average Bonchev–Trinajstić information content (AvgIpc) is 2.58. The van der Waals surface area contributed by atoms with E-state index in [1.54, 1.807) is 24.3 Å². The third kappa shape index (κ3) is 6.07. The number of anilines is 1. The van der Waals surface area contributed by atoms with Crippen LogP contribution in [0.2, 0.25) is 0 Å². The molecule has 0 aromatic heterocycles. The molecular formula is C21H25NO3. The van der Waals surface area contributed by atoms with Gasteiger partial charge in [0.05, 0.1) is 12.2 Å². The van der Waals surface area contributed by atoms with Gasteiger partial charge in [-0.1, -0.05) is 32.0 Å². The van der Waals surface area contributed by atoms with Crippen LogP contribution >= 0.6 is 0 Å². The SMILES string of the molecule is Cc1cccc(NC(=O)c2cccc(C(=O)OCCCC(C)C)c2)c1. The summed E-state index contributed by atoms with van der Waals surface area (Å²) < 4.78 is 5.28. The van der Waals surface area contributed by atoms with Gasteiger partial charge in [-0.3, -0.25) is 4.79 Å². The molecule has 0 heterocycles. The lowest BCUT2D eigenvalue weighted by atomic mass is 10.1. The Hall–Kier alpha value is -2.62. The van der Waals surface area contributed by atoms with Crippen molar-refractivity contribution in [3.8, 4) is 0 Å². The number of ether oxygens (including phenoxy) is 1. The van der Waals surface area contributed by atoms with E-state index in [-0.39, 0.29) is 5.91 Å². The number of rotatable bonds is 7. The van der Waals surface area contributed by atoms with E-state index in [4.69, 9.17) is 4.74 Å². The van der Waals surface area contributed by atoms with Crippen molar-refractivity contribution >= 4 is 17.6 Å². The molecule has 2 rings (SSSR count). The molecule has 2 aromatic rings. The molecule has 0 unspecified atom stereocenters. The van der Waals surface area contributed by atoms with Crippen LogP contribution in [0, 0.1) is 12.8 Å². The van der Waals surface area contributed by atoms with Crippen LogP contribution in [0.25, 0.3) is 0 Å². The highest BCUT2D eigenvalue weighted by molar-refractivity contribution is 6.05. The fourth-order valence-corrected chi connectivity index (χ4v) is 2.45. The highest BCUT2D eigenvalue weighted by atomic mass is 16.5. The fraction of sp³-hybridized carbons (Fsp3) is 0.333. The Morgan fingerprint density at radius 2 is 1.76 bits per heavy atom. The smallest absolute Gasteiger partial charge is 0.338 e. The number of amides is 1. The number of aryl methyl sites for hydroxylation is 1. The van der Waals surface area contributed by atoms with Gasteiger partial charge in [0.15, 0.2) is 0 Å². The van der Waals surface area contributed by atoms with Crippen molar-refractivity contribution in [1.82, 2.24) is 0 Å². The first-order valence-electron chi connectivity index (χ1n) is 8.61. The Morgan fingerprint density at radius 3 is 2.48 bits per heavy atom. The zero-order chi connectivity index (χ0) is 18.2. The molecule has 0 atom stereocenters. The molecule has 0 spiro atoms. The Balaban J connectivity index is 1.97. The second kappa shape index (κ2) is 9.02. The van der Waals surface area contributed by atoms with Gasteiger partial charge in [0.2, 0.25) is 0 Å². The van der Waals surface area contributed by atoms with E-state index in [0.29, 0.717) is 23.7 Å². The molecule has 0 aliphatic heterocycles. The zero-order valence-electron chi connectivity index (χ0n) is 15.0.